The van der Waals surface area contributed by atoms with E-state index in [0.717, 1.165) is 64.2 Å². The topological polar surface area (TPSA) is 114 Å². The molecule has 10 heteroatoms. The molecule has 0 aliphatic carbocycles. The summed E-state index contributed by atoms with van der Waals surface area (Å²) in [5.74, 6) is -0.515. The maximum Gasteiger partial charge on any atom is 0.306 e. The number of unbranched alkanes of at least 4 members (excludes halogenated alkanes) is 52. The third-order valence-corrected chi connectivity index (χ3v) is 18.8. The van der Waals surface area contributed by atoms with Crippen molar-refractivity contribution in [1.29, 1.82) is 0 Å². The quantitative estimate of drug-likeness (QED) is 0.0212. The molecule has 3 atom stereocenters. The van der Waals surface area contributed by atoms with Gasteiger partial charge in [-0.15, -0.1) is 0 Å². The van der Waals surface area contributed by atoms with E-state index in [1.165, 1.54) is 302 Å². The zero-order valence-electron chi connectivity index (χ0n) is 59.7. The highest BCUT2D eigenvalue weighted by molar-refractivity contribution is 7.45. The maximum atomic E-state index is 13.6. The molecule has 0 heterocycles. The average Bonchev–Trinajstić information content (AvgIpc) is 3.66. The molecule has 0 saturated heterocycles. The molecule has 0 radical (unpaired) electrons. The zero-order valence-corrected chi connectivity index (χ0v) is 60.6. The molecule has 0 spiro atoms. The lowest BCUT2D eigenvalue weighted by Gasteiger charge is -2.30. The second-order valence-electron chi connectivity index (χ2n) is 27.9. The van der Waals surface area contributed by atoms with Crippen LogP contribution in [0.15, 0.2) is 36.5 Å². The number of hydrogen-bond donors (Lipinski definition) is 1. The van der Waals surface area contributed by atoms with Gasteiger partial charge in [0, 0.05) is 12.8 Å². The Hall–Kier alpha value is -1.77. The van der Waals surface area contributed by atoms with Gasteiger partial charge in [0.25, 0.3) is 7.82 Å². The van der Waals surface area contributed by atoms with Crippen LogP contribution in [-0.4, -0.2) is 69.4 Å². The number of hydrogen-bond acceptors (Lipinski definition) is 7. The Labute approximate surface area is 548 Å². The van der Waals surface area contributed by atoms with Crippen molar-refractivity contribution >= 4 is 19.7 Å². The molecule has 1 amide bonds. The van der Waals surface area contributed by atoms with Crippen molar-refractivity contribution in [3.05, 3.63) is 36.5 Å². The monoisotopic (exact) mass is 1260 g/mol. The van der Waals surface area contributed by atoms with Gasteiger partial charge < -0.3 is 28.5 Å². The number of phosphoric ester groups is 1. The third-order valence-electron chi connectivity index (χ3n) is 17.8. The lowest BCUT2D eigenvalue weighted by molar-refractivity contribution is -0.870. The minimum Gasteiger partial charge on any atom is -0.756 e. The Morgan fingerprint density at radius 3 is 1.05 bits per heavy atom. The van der Waals surface area contributed by atoms with E-state index < -0.39 is 20.0 Å². The van der Waals surface area contributed by atoms with Gasteiger partial charge in [0.2, 0.25) is 5.91 Å². The highest BCUT2D eigenvalue weighted by Crippen LogP contribution is 2.38. The van der Waals surface area contributed by atoms with Crippen molar-refractivity contribution in [1.82, 2.24) is 5.32 Å². The Morgan fingerprint density at radius 1 is 0.398 bits per heavy atom. The van der Waals surface area contributed by atoms with Crippen molar-refractivity contribution in [2.45, 2.75) is 412 Å². The summed E-state index contributed by atoms with van der Waals surface area (Å²) in [7, 11) is 1.21. The van der Waals surface area contributed by atoms with Crippen LogP contribution in [0.4, 0.5) is 0 Å². The van der Waals surface area contributed by atoms with Crippen molar-refractivity contribution in [3.63, 3.8) is 0 Å². The Balaban J connectivity index is 4.91. The molecule has 0 rings (SSSR count). The third kappa shape index (κ3) is 68.6. The molecule has 0 fully saturated rings. The number of rotatable bonds is 72. The molecular weight excluding hydrogens is 1110 g/mol. The fourth-order valence-electron chi connectivity index (χ4n) is 11.9. The molecule has 0 saturated carbocycles. The maximum absolute atomic E-state index is 13.6. The number of likely N-dealkylation sites (N-methyl/N-ethyl adjacent to an activating group) is 1. The SMILES string of the molecule is CCCCC/C=C\C/C=C\CCCCCCCCCCCCCCCCCCCC(=O)NC(COP(=O)([O-])OCC[N+](C)(C)C)C(/C=C/CCCCCCCCCCCC)OC(=O)CCCCCCCCCCCCCCCCCCCCCCCCC. The minimum atomic E-state index is -4.70. The molecule has 3 unspecified atom stereocenters. The summed E-state index contributed by atoms with van der Waals surface area (Å²) in [6.07, 6.45) is 85.7. The summed E-state index contributed by atoms with van der Waals surface area (Å²) in [6.45, 7) is 6.90. The van der Waals surface area contributed by atoms with Gasteiger partial charge in [-0.05, 0) is 63.9 Å². The summed E-state index contributed by atoms with van der Waals surface area (Å²) in [5.41, 5.74) is 0. The van der Waals surface area contributed by atoms with Crippen LogP contribution < -0.4 is 10.2 Å². The lowest BCUT2D eigenvalue weighted by atomic mass is 10.0. The molecular formula is C78H151N2O7P. The van der Waals surface area contributed by atoms with Crippen molar-refractivity contribution in [2.75, 3.05) is 40.9 Å². The summed E-state index contributed by atoms with van der Waals surface area (Å²) in [6, 6.07) is -0.885. The molecule has 0 aliphatic heterocycles. The standard InChI is InChI=1S/C78H151N2O7P/c1-7-10-13-16-19-22-25-28-30-32-34-36-38-39-40-41-43-44-46-48-50-52-55-58-61-64-67-70-77(81)79-75(74-86-88(83,84)85-73-72-80(4,5)6)76(69-66-63-60-57-54-27-24-21-18-15-12-9-3)87-78(82)71-68-65-62-59-56-53-51-49-47-45-42-37-35-33-31-29-26-23-20-17-14-11-8-2/h19,22,28,30,66,69,75-76H,7-18,20-21,23-27,29,31-65,67-68,70-74H2,1-6H3,(H-,79,81,83,84)/b22-19-,30-28-,69-66+. The number of amides is 1. The number of esters is 1. The van der Waals surface area contributed by atoms with Gasteiger partial charge >= 0.3 is 5.97 Å². The second kappa shape index (κ2) is 68.1. The van der Waals surface area contributed by atoms with Gasteiger partial charge in [0.1, 0.15) is 19.3 Å². The summed E-state index contributed by atoms with van der Waals surface area (Å²) < 4.78 is 30.5. The highest BCUT2D eigenvalue weighted by Gasteiger charge is 2.27. The van der Waals surface area contributed by atoms with E-state index in [0.29, 0.717) is 17.4 Å². The van der Waals surface area contributed by atoms with Gasteiger partial charge in [-0.1, -0.05) is 359 Å². The molecule has 9 nitrogen and oxygen atoms in total. The fourth-order valence-corrected chi connectivity index (χ4v) is 12.6. The predicted octanol–water partition coefficient (Wildman–Crippen LogP) is 24.3. The second-order valence-corrected chi connectivity index (χ2v) is 29.3. The van der Waals surface area contributed by atoms with E-state index in [-0.39, 0.29) is 31.5 Å². The summed E-state index contributed by atoms with van der Waals surface area (Å²) in [4.78, 5) is 40.3. The number of nitrogens with one attached hydrogen (secondary N) is 1. The predicted molar refractivity (Wildman–Crippen MR) is 381 cm³/mol. The van der Waals surface area contributed by atoms with E-state index >= 15 is 0 Å². The van der Waals surface area contributed by atoms with E-state index in [1.807, 2.05) is 33.3 Å². The summed E-state index contributed by atoms with van der Waals surface area (Å²) >= 11 is 0. The first kappa shape index (κ1) is 86.2. The van der Waals surface area contributed by atoms with Crippen LogP contribution in [0.5, 0.6) is 0 Å². The number of ether oxygens (including phenoxy) is 1. The van der Waals surface area contributed by atoms with Crippen molar-refractivity contribution in [3.8, 4) is 0 Å². The van der Waals surface area contributed by atoms with Gasteiger partial charge in [-0.25, -0.2) is 0 Å². The van der Waals surface area contributed by atoms with Crippen LogP contribution in [0.1, 0.15) is 400 Å². The zero-order chi connectivity index (χ0) is 64.2. The Morgan fingerprint density at radius 2 is 0.693 bits per heavy atom. The van der Waals surface area contributed by atoms with Crippen LogP contribution in [-0.2, 0) is 27.9 Å². The van der Waals surface area contributed by atoms with E-state index in [1.54, 1.807) is 0 Å². The highest BCUT2D eigenvalue weighted by atomic mass is 31.2. The van der Waals surface area contributed by atoms with Gasteiger partial charge in [0.15, 0.2) is 0 Å². The number of allylic oxidation sites excluding steroid dienone is 5. The number of carbonyl (C=O) groups is 2. The van der Waals surface area contributed by atoms with E-state index in [9.17, 15) is 19.0 Å². The first-order valence-electron chi connectivity index (χ1n) is 38.8. The molecule has 0 aromatic heterocycles. The smallest absolute Gasteiger partial charge is 0.306 e. The molecule has 88 heavy (non-hydrogen) atoms. The van der Waals surface area contributed by atoms with E-state index in [4.69, 9.17) is 13.8 Å². The lowest BCUT2D eigenvalue weighted by Crippen LogP contribution is -2.47. The number of quaternary nitrogens is 1. The Bertz CT molecular complexity index is 1600. The normalized spacial score (nSPS) is 13.6. The molecule has 0 aromatic rings. The number of phosphoric acid groups is 1. The average molecular weight is 1260 g/mol. The van der Waals surface area contributed by atoms with Gasteiger partial charge in [-0.3, -0.25) is 14.2 Å². The minimum absolute atomic E-state index is 0.0184. The van der Waals surface area contributed by atoms with Crippen LogP contribution in [0, 0.1) is 0 Å². The Kier molecular flexibility index (Phi) is 66.7. The number of nitrogens with zero attached hydrogens (tertiary/aromatic N) is 1. The van der Waals surface area contributed by atoms with Gasteiger partial charge in [-0.2, -0.15) is 0 Å². The first-order valence-corrected chi connectivity index (χ1v) is 40.3. The number of carbonyl (C=O) groups excluding carboxylic acids is 2. The molecule has 0 aromatic carbocycles. The van der Waals surface area contributed by atoms with Crippen LogP contribution in [0.25, 0.3) is 0 Å². The van der Waals surface area contributed by atoms with Crippen molar-refractivity contribution in [2.24, 2.45) is 0 Å². The van der Waals surface area contributed by atoms with Crippen LogP contribution in [0.2, 0.25) is 0 Å². The fraction of sp³-hybridized carbons (Fsp3) is 0.897. The molecule has 0 aliphatic rings. The molecule has 0 bridgehead atoms. The molecule has 1 N–H and O–H groups in total. The van der Waals surface area contributed by atoms with Crippen LogP contribution in [0.3, 0.4) is 0 Å². The first-order chi connectivity index (χ1) is 42.9. The molecule has 520 valence electrons. The van der Waals surface area contributed by atoms with Crippen LogP contribution >= 0.6 is 7.82 Å². The van der Waals surface area contributed by atoms with Crippen molar-refractivity contribution < 1.29 is 37.3 Å². The summed E-state index contributed by atoms with van der Waals surface area (Å²) in [5, 5.41) is 3.06. The largest absolute Gasteiger partial charge is 0.756 e. The van der Waals surface area contributed by atoms with Gasteiger partial charge in [0.05, 0.1) is 33.8 Å². The van der Waals surface area contributed by atoms with E-state index in [2.05, 4.69) is 50.4 Å².